The van der Waals surface area contributed by atoms with Gasteiger partial charge in [0.05, 0.1) is 28.3 Å². The third kappa shape index (κ3) is 6.32. The van der Waals surface area contributed by atoms with Crippen LogP contribution in [0.2, 0.25) is 0 Å². The number of amides is 3. The zero-order chi connectivity index (χ0) is 35.0. The number of fused-ring (bicyclic) bond motifs is 5. The highest BCUT2D eigenvalue weighted by Gasteiger charge is 2.41. The largest absolute Gasteiger partial charge is 0.444 e. The summed E-state index contributed by atoms with van der Waals surface area (Å²) in [5, 5.41) is 12.5. The molecule has 3 heterocycles. The van der Waals surface area contributed by atoms with E-state index < -0.39 is 17.2 Å². The van der Waals surface area contributed by atoms with Gasteiger partial charge in [0, 0.05) is 34.3 Å². The van der Waals surface area contributed by atoms with E-state index in [1.165, 1.54) is 0 Å². The number of hydrogen-bond acceptors (Lipinski definition) is 6. The SMILES string of the molecule is CC=C(C)NC(=O)Nc1cccc(-c2nc3n(c2-c2ccc(C4(NC(=O)OC(C)(C)C)CCC4)cc2)-c2cccnc2Nc2ccccc2-3)c1. The molecule has 1 saturated carbocycles. The summed E-state index contributed by atoms with van der Waals surface area (Å²) in [6.45, 7) is 9.32. The van der Waals surface area contributed by atoms with E-state index in [0.29, 0.717) is 11.5 Å². The Bertz CT molecular complexity index is 2120. The first-order valence-corrected chi connectivity index (χ1v) is 16.9. The molecule has 3 aromatic carbocycles. The van der Waals surface area contributed by atoms with Crippen LogP contribution in [0.3, 0.4) is 0 Å². The molecule has 1 fully saturated rings. The molecule has 0 atom stereocenters. The van der Waals surface area contributed by atoms with Gasteiger partial charge >= 0.3 is 12.1 Å². The van der Waals surface area contributed by atoms with Crippen LogP contribution < -0.4 is 21.3 Å². The number of allylic oxidation sites excluding steroid dienone is 2. The standard InChI is InChI=1S/C40H41N7O3/c1-6-25(2)42-37(48)43-29-13-9-12-27(24-29)33-34(26-17-19-28(20-18-26)40(21-11-22-40)46-38(49)50-39(3,4)5)47-32-16-10-23-41-35(32)44-31-15-8-7-14-30(31)36(47)45-33/h6-10,12-20,23-24H,11,21-22H2,1-5H3,(H,41,44)(H,46,49)(H2,42,43,48). The molecule has 7 rings (SSSR count). The first kappa shape index (κ1) is 32.6. The fourth-order valence-corrected chi connectivity index (χ4v) is 6.51. The van der Waals surface area contributed by atoms with E-state index in [1.807, 2.05) is 95.3 Å². The number of para-hydroxylation sites is 1. The van der Waals surface area contributed by atoms with Gasteiger partial charge in [0.15, 0.2) is 5.82 Å². The predicted octanol–water partition coefficient (Wildman–Crippen LogP) is 9.27. The van der Waals surface area contributed by atoms with Crippen molar-refractivity contribution in [1.82, 2.24) is 25.2 Å². The van der Waals surface area contributed by atoms with Gasteiger partial charge in [0.1, 0.15) is 11.4 Å². The first-order chi connectivity index (χ1) is 24.0. The van der Waals surface area contributed by atoms with Crippen molar-refractivity contribution in [2.75, 3.05) is 10.6 Å². The molecule has 5 aromatic rings. The number of alkyl carbamates (subject to hydrolysis) is 1. The van der Waals surface area contributed by atoms with Crippen molar-refractivity contribution in [3.05, 3.63) is 108 Å². The Labute approximate surface area is 292 Å². The minimum atomic E-state index is -0.587. The van der Waals surface area contributed by atoms with Gasteiger partial charge < -0.3 is 26.0 Å². The Morgan fingerprint density at radius 3 is 2.46 bits per heavy atom. The van der Waals surface area contributed by atoms with Crippen LogP contribution in [0.25, 0.3) is 39.6 Å². The van der Waals surface area contributed by atoms with E-state index in [0.717, 1.165) is 75.8 Å². The molecule has 0 unspecified atom stereocenters. The smallest absolute Gasteiger partial charge is 0.408 e. The van der Waals surface area contributed by atoms with Gasteiger partial charge in [-0.2, -0.15) is 0 Å². The Hall–Kier alpha value is -5.90. The maximum Gasteiger partial charge on any atom is 0.408 e. The van der Waals surface area contributed by atoms with Crippen molar-refractivity contribution in [1.29, 1.82) is 0 Å². The molecule has 0 radical (unpaired) electrons. The summed E-state index contributed by atoms with van der Waals surface area (Å²) in [7, 11) is 0. The van der Waals surface area contributed by atoms with Gasteiger partial charge in [-0.15, -0.1) is 0 Å². The lowest BCUT2D eigenvalue weighted by Crippen LogP contribution is -2.52. The van der Waals surface area contributed by atoms with Crippen molar-refractivity contribution in [3.63, 3.8) is 0 Å². The van der Waals surface area contributed by atoms with E-state index in [4.69, 9.17) is 14.7 Å². The molecular formula is C40H41N7O3. The number of carbonyl (C=O) groups excluding carboxylic acids is 2. The highest BCUT2D eigenvalue weighted by molar-refractivity contribution is 5.93. The lowest BCUT2D eigenvalue weighted by Gasteiger charge is -2.43. The van der Waals surface area contributed by atoms with Crippen molar-refractivity contribution >= 4 is 29.3 Å². The van der Waals surface area contributed by atoms with E-state index >= 15 is 0 Å². The number of anilines is 3. The lowest BCUT2D eigenvalue weighted by atomic mass is 9.71. The second kappa shape index (κ2) is 12.9. The van der Waals surface area contributed by atoms with Crippen LogP contribution in [0.15, 0.2) is 103 Å². The molecule has 3 amide bonds. The number of ether oxygens (including phenoxy) is 1. The van der Waals surface area contributed by atoms with Crippen LogP contribution in [0.4, 0.5) is 26.8 Å². The van der Waals surface area contributed by atoms with Gasteiger partial charge in [0.2, 0.25) is 0 Å². The van der Waals surface area contributed by atoms with E-state index in [2.05, 4.69) is 56.2 Å². The third-order valence-corrected chi connectivity index (χ3v) is 9.12. The fourth-order valence-electron chi connectivity index (χ4n) is 6.51. The Balaban J connectivity index is 1.37. The second-order valence-electron chi connectivity index (χ2n) is 13.8. The monoisotopic (exact) mass is 667 g/mol. The maximum atomic E-state index is 12.9. The van der Waals surface area contributed by atoms with Crippen molar-refractivity contribution in [3.8, 4) is 39.6 Å². The van der Waals surface area contributed by atoms with Crippen LogP contribution in [0.1, 0.15) is 59.4 Å². The minimum Gasteiger partial charge on any atom is -0.444 e. The summed E-state index contributed by atoms with van der Waals surface area (Å²) in [6, 6.07) is 27.8. The number of urea groups is 1. The minimum absolute atomic E-state index is 0.320. The number of nitrogens with one attached hydrogen (secondary N) is 4. The molecule has 10 heteroatoms. The topological polar surface area (TPSA) is 122 Å². The molecule has 0 saturated heterocycles. The second-order valence-corrected chi connectivity index (χ2v) is 13.8. The van der Waals surface area contributed by atoms with Crippen LogP contribution in [-0.4, -0.2) is 32.3 Å². The summed E-state index contributed by atoms with van der Waals surface area (Å²) in [4.78, 5) is 35.7. The zero-order valence-corrected chi connectivity index (χ0v) is 28.9. The van der Waals surface area contributed by atoms with Gasteiger partial charge in [-0.1, -0.05) is 54.6 Å². The molecule has 254 valence electrons. The highest BCUT2D eigenvalue weighted by Crippen LogP contribution is 2.46. The number of nitrogens with zero attached hydrogens (tertiary/aromatic N) is 3. The molecule has 10 nitrogen and oxygen atoms in total. The Morgan fingerprint density at radius 1 is 0.960 bits per heavy atom. The summed E-state index contributed by atoms with van der Waals surface area (Å²) in [5.41, 5.74) is 7.42. The van der Waals surface area contributed by atoms with Gasteiger partial charge in [-0.3, -0.25) is 4.57 Å². The number of hydrogen-bond donors (Lipinski definition) is 4. The van der Waals surface area contributed by atoms with Crippen LogP contribution in [-0.2, 0) is 10.3 Å². The van der Waals surface area contributed by atoms with Crippen molar-refractivity contribution < 1.29 is 14.3 Å². The number of imidazole rings is 1. The van der Waals surface area contributed by atoms with Crippen LogP contribution >= 0.6 is 0 Å². The average molecular weight is 668 g/mol. The highest BCUT2D eigenvalue weighted by atomic mass is 16.6. The zero-order valence-electron chi connectivity index (χ0n) is 28.9. The van der Waals surface area contributed by atoms with E-state index in [9.17, 15) is 9.59 Å². The molecular weight excluding hydrogens is 626 g/mol. The summed E-state index contributed by atoms with van der Waals surface area (Å²) in [5.74, 6) is 1.47. The number of benzene rings is 3. The van der Waals surface area contributed by atoms with Crippen LogP contribution in [0.5, 0.6) is 0 Å². The molecule has 2 aliphatic rings. The number of pyridine rings is 1. The molecule has 1 aliphatic heterocycles. The average Bonchev–Trinajstić information content (AvgIpc) is 3.40. The summed E-state index contributed by atoms with van der Waals surface area (Å²) < 4.78 is 7.78. The van der Waals surface area contributed by atoms with Crippen molar-refractivity contribution in [2.45, 2.75) is 65.0 Å². The van der Waals surface area contributed by atoms with Gasteiger partial charge in [-0.25, -0.2) is 19.6 Å². The van der Waals surface area contributed by atoms with Gasteiger partial charge in [-0.05, 0) is 95.8 Å². The van der Waals surface area contributed by atoms with Crippen molar-refractivity contribution in [2.24, 2.45) is 0 Å². The Morgan fingerprint density at radius 2 is 1.74 bits per heavy atom. The predicted molar refractivity (Wildman–Crippen MR) is 197 cm³/mol. The molecule has 1 aliphatic carbocycles. The molecule has 50 heavy (non-hydrogen) atoms. The quantitative estimate of drug-likeness (QED) is 0.140. The lowest BCUT2D eigenvalue weighted by molar-refractivity contribution is 0.0377. The summed E-state index contributed by atoms with van der Waals surface area (Å²) >= 11 is 0. The fraction of sp³-hybridized carbons (Fsp3) is 0.250. The normalized spacial score (nSPS) is 14.5. The van der Waals surface area contributed by atoms with E-state index in [-0.39, 0.29) is 6.03 Å². The molecule has 4 N–H and O–H groups in total. The Kier molecular flexibility index (Phi) is 8.39. The number of aromatic nitrogens is 3. The molecule has 0 spiro atoms. The van der Waals surface area contributed by atoms with E-state index in [1.54, 1.807) is 6.20 Å². The number of rotatable bonds is 6. The maximum absolute atomic E-state index is 12.9. The first-order valence-electron chi connectivity index (χ1n) is 16.9. The summed E-state index contributed by atoms with van der Waals surface area (Å²) in [6.07, 6.45) is 5.89. The molecule has 2 aromatic heterocycles. The third-order valence-electron chi connectivity index (χ3n) is 9.12. The molecule has 0 bridgehead atoms. The number of carbonyl (C=O) groups is 2. The van der Waals surface area contributed by atoms with Crippen LogP contribution in [0, 0.1) is 0 Å². The van der Waals surface area contributed by atoms with Gasteiger partial charge in [0.25, 0.3) is 0 Å².